The van der Waals surface area contributed by atoms with Crippen LogP contribution in [0.4, 0.5) is 0 Å². The Bertz CT molecular complexity index is 881. The summed E-state index contributed by atoms with van der Waals surface area (Å²) < 4.78 is 11.4. The van der Waals surface area contributed by atoms with Crippen LogP contribution in [0.15, 0.2) is 65.7 Å². The van der Waals surface area contributed by atoms with Crippen LogP contribution in [0.3, 0.4) is 0 Å². The van der Waals surface area contributed by atoms with E-state index in [-0.39, 0.29) is 19.1 Å². The molecule has 3 rings (SSSR count). The lowest BCUT2D eigenvalue weighted by Gasteiger charge is -2.21. The number of nitrogens with one attached hydrogen (secondary N) is 2. The van der Waals surface area contributed by atoms with Gasteiger partial charge in [-0.25, -0.2) is 10.4 Å². The molecule has 1 aliphatic rings. The molecule has 1 atom stereocenters. The van der Waals surface area contributed by atoms with Gasteiger partial charge >= 0.3 is 0 Å². The first-order valence-electron chi connectivity index (χ1n) is 9.92. The molecule has 30 heavy (non-hydrogen) atoms. The van der Waals surface area contributed by atoms with E-state index in [1.807, 2.05) is 66.7 Å². The second-order valence-electron chi connectivity index (χ2n) is 6.91. The second-order valence-corrected chi connectivity index (χ2v) is 6.91. The Kier molecular flexibility index (Phi) is 7.59. The first-order valence-corrected chi connectivity index (χ1v) is 9.92. The lowest BCUT2D eigenvalue weighted by molar-refractivity contribution is -0.127. The van der Waals surface area contributed by atoms with Crippen LogP contribution >= 0.6 is 0 Å². The van der Waals surface area contributed by atoms with Gasteiger partial charge in [-0.05, 0) is 29.8 Å². The summed E-state index contributed by atoms with van der Waals surface area (Å²) in [5.74, 6) is 0.883. The summed E-state index contributed by atoms with van der Waals surface area (Å²) in [5, 5.41) is 8.84. The van der Waals surface area contributed by atoms with Crippen molar-refractivity contribution in [3.8, 4) is 5.75 Å². The molecule has 0 radical (unpaired) electrons. The average molecular weight is 409 g/mol. The number of aliphatic hydroxyl groups excluding tert-OH is 1. The van der Waals surface area contributed by atoms with E-state index in [2.05, 4.69) is 15.8 Å². The summed E-state index contributed by atoms with van der Waals surface area (Å²) >= 11 is 0. The minimum absolute atomic E-state index is 0.0954. The monoisotopic (exact) mass is 409 g/mol. The molecule has 0 saturated carbocycles. The van der Waals surface area contributed by atoms with Crippen LogP contribution in [-0.4, -0.2) is 49.3 Å². The number of aliphatic imine (C=N–C) groups is 1. The first-order chi connectivity index (χ1) is 14.7. The van der Waals surface area contributed by atoms with E-state index in [0.29, 0.717) is 31.1 Å². The summed E-state index contributed by atoms with van der Waals surface area (Å²) in [5.41, 5.74) is 6.11. The summed E-state index contributed by atoms with van der Waals surface area (Å²) in [6.45, 7) is 0.705. The third-order valence-corrected chi connectivity index (χ3v) is 4.66. The largest absolute Gasteiger partial charge is 0.494 e. The fourth-order valence-electron chi connectivity index (χ4n) is 3.04. The molecule has 1 amide bonds. The molecule has 0 aliphatic carbocycles. The Morgan fingerprint density at radius 2 is 2.00 bits per heavy atom. The van der Waals surface area contributed by atoms with Crippen molar-refractivity contribution in [1.29, 1.82) is 0 Å². The highest BCUT2D eigenvalue weighted by Crippen LogP contribution is 2.27. The molecule has 2 aromatic carbocycles. The van der Waals surface area contributed by atoms with Gasteiger partial charge in [0.25, 0.3) is 5.91 Å². The number of nitrogens with zero attached hydrogens (tertiary/aromatic N) is 1. The van der Waals surface area contributed by atoms with Crippen LogP contribution in [0, 0.1) is 0 Å². The van der Waals surface area contributed by atoms with E-state index in [1.165, 1.54) is 0 Å². The van der Waals surface area contributed by atoms with Crippen molar-refractivity contribution in [2.75, 3.05) is 26.9 Å². The molecule has 7 nitrogen and oxygen atoms in total. The molecule has 0 unspecified atom stereocenters. The van der Waals surface area contributed by atoms with Gasteiger partial charge in [0.1, 0.15) is 12.4 Å². The van der Waals surface area contributed by atoms with E-state index >= 15 is 0 Å². The number of carbonyl (C=O) groups is 1. The zero-order chi connectivity index (χ0) is 21.2. The normalized spacial score (nSPS) is 18.1. The van der Waals surface area contributed by atoms with Crippen molar-refractivity contribution in [1.82, 2.24) is 10.9 Å². The third-order valence-electron chi connectivity index (χ3n) is 4.66. The fraction of sp³-hybridized carbons (Fsp3) is 0.304. The Labute approximate surface area is 176 Å². The van der Waals surface area contributed by atoms with E-state index in [9.17, 15) is 4.79 Å². The van der Waals surface area contributed by atoms with Crippen molar-refractivity contribution in [3.63, 3.8) is 0 Å². The predicted molar refractivity (Wildman–Crippen MR) is 116 cm³/mol. The Morgan fingerprint density at radius 1 is 1.23 bits per heavy atom. The van der Waals surface area contributed by atoms with Crippen molar-refractivity contribution < 1.29 is 19.4 Å². The lowest BCUT2D eigenvalue weighted by Crippen LogP contribution is -2.50. The number of amides is 1. The third kappa shape index (κ3) is 5.46. The van der Waals surface area contributed by atoms with Gasteiger partial charge in [-0.1, -0.05) is 42.5 Å². The number of benzene rings is 2. The van der Waals surface area contributed by atoms with Crippen molar-refractivity contribution in [2.24, 2.45) is 4.99 Å². The number of hydrogen-bond acceptors (Lipinski definition) is 6. The van der Waals surface area contributed by atoms with Crippen LogP contribution in [0.1, 0.15) is 24.0 Å². The summed E-state index contributed by atoms with van der Waals surface area (Å²) in [6.07, 6.45) is 4.90. The van der Waals surface area contributed by atoms with Crippen molar-refractivity contribution in [2.45, 2.75) is 18.4 Å². The van der Waals surface area contributed by atoms with Gasteiger partial charge < -0.3 is 14.6 Å². The number of hydrogen-bond donors (Lipinski definition) is 3. The minimum Gasteiger partial charge on any atom is -0.494 e. The van der Waals surface area contributed by atoms with Crippen LogP contribution in [0.2, 0.25) is 0 Å². The Hall–Kier alpha value is -3.16. The van der Waals surface area contributed by atoms with Crippen LogP contribution < -0.4 is 15.6 Å². The minimum atomic E-state index is -1.04. The highest BCUT2D eigenvalue weighted by molar-refractivity contribution is 6.00. The molecule has 0 saturated heterocycles. The predicted octanol–water partition coefficient (Wildman–Crippen LogP) is 2.32. The number of aliphatic hydroxyl groups is 1. The summed E-state index contributed by atoms with van der Waals surface area (Å²) in [6, 6.07) is 17.2. The standard InChI is InChI=1S/C23H27N3O4/c1-24-26-22(28)23(14-5-9-18-7-3-2-4-8-18)17-30-21(25-23)19-10-12-20(13-11-19)29-16-6-15-27/h2-5,7-13,24,27H,6,14-17H2,1H3,(H,26,28)/b9-5+/t23-/m0/s1. The molecule has 1 aliphatic heterocycles. The zero-order valence-electron chi connectivity index (χ0n) is 17.0. The topological polar surface area (TPSA) is 92.2 Å². The highest BCUT2D eigenvalue weighted by Gasteiger charge is 2.43. The SMILES string of the molecule is CNNC(=O)[C@]1(C/C=C/c2ccccc2)COC(c2ccc(OCCCO)cc2)=N1. The molecular weight excluding hydrogens is 382 g/mol. The first kappa shape index (κ1) is 21.5. The van der Waals surface area contributed by atoms with Gasteiger partial charge in [-0.15, -0.1) is 0 Å². The number of ether oxygens (including phenoxy) is 2. The molecule has 1 heterocycles. The van der Waals surface area contributed by atoms with Crippen LogP contribution in [-0.2, 0) is 9.53 Å². The Balaban J connectivity index is 1.75. The summed E-state index contributed by atoms with van der Waals surface area (Å²) in [7, 11) is 1.64. The second kappa shape index (κ2) is 10.6. The zero-order valence-corrected chi connectivity index (χ0v) is 17.0. The summed E-state index contributed by atoms with van der Waals surface area (Å²) in [4.78, 5) is 17.4. The van der Waals surface area contributed by atoms with Gasteiger partial charge in [0.15, 0.2) is 5.54 Å². The molecule has 0 fully saturated rings. The molecule has 3 N–H and O–H groups in total. The lowest BCUT2D eigenvalue weighted by atomic mass is 9.96. The number of rotatable bonds is 10. The molecular formula is C23H27N3O4. The molecule has 158 valence electrons. The molecule has 2 aromatic rings. The molecule has 0 aromatic heterocycles. The molecule has 0 bridgehead atoms. The highest BCUT2D eigenvalue weighted by atomic mass is 16.5. The van der Waals surface area contributed by atoms with Crippen molar-refractivity contribution in [3.05, 3.63) is 71.8 Å². The maximum atomic E-state index is 12.8. The van der Waals surface area contributed by atoms with E-state index in [1.54, 1.807) is 7.05 Å². The van der Waals surface area contributed by atoms with Gasteiger partial charge in [0.2, 0.25) is 5.90 Å². The Morgan fingerprint density at radius 3 is 2.70 bits per heavy atom. The quantitative estimate of drug-likeness (QED) is 0.414. The van der Waals surface area contributed by atoms with Gasteiger partial charge in [0, 0.05) is 32.1 Å². The fourth-order valence-corrected chi connectivity index (χ4v) is 3.04. The maximum Gasteiger partial charge on any atom is 0.266 e. The van der Waals surface area contributed by atoms with Crippen LogP contribution in [0.5, 0.6) is 5.75 Å². The van der Waals surface area contributed by atoms with Crippen LogP contribution in [0.25, 0.3) is 6.08 Å². The van der Waals surface area contributed by atoms with Gasteiger partial charge in [-0.2, -0.15) is 0 Å². The smallest absolute Gasteiger partial charge is 0.266 e. The number of hydrazine groups is 1. The van der Waals surface area contributed by atoms with Gasteiger partial charge in [-0.3, -0.25) is 10.2 Å². The maximum absolute atomic E-state index is 12.8. The van der Waals surface area contributed by atoms with E-state index in [0.717, 1.165) is 11.1 Å². The van der Waals surface area contributed by atoms with Gasteiger partial charge in [0.05, 0.1) is 6.61 Å². The molecule has 7 heteroatoms. The van der Waals surface area contributed by atoms with E-state index in [4.69, 9.17) is 14.6 Å². The van der Waals surface area contributed by atoms with Crippen molar-refractivity contribution >= 4 is 17.9 Å². The number of carbonyl (C=O) groups excluding carboxylic acids is 1. The average Bonchev–Trinajstić information content (AvgIpc) is 3.21. The molecule has 0 spiro atoms. The van der Waals surface area contributed by atoms with E-state index < -0.39 is 5.54 Å².